The first kappa shape index (κ1) is 15.6. The Bertz CT molecular complexity index is 667. The van der Waals surface area contributed by atoms with E-state index < -0.39 is 0 Å². The van der Waals surface area contributed by atoms with Gasteiger partial charge in [-0.1, -0.05) is 12.8 Å². The molecule has 2 aromatic rings. The Morgan fingerprint density at radius 1 is 1.09 bits per heavy atom. The van der Waals surface area contributed by atoms with Gasteiger partial charge in [-0.3, -0.25) is 9.48 Å². The van der Waals surface area contributed by atoms with Crippen LogP contribution in [-0.2, 0) is 7.05 Å². The second-order valence-corrected chi connectivity index (χ2v) is 6.17. The monoisotopic (exact) mass is 312 g/mol. The SMILES string of the molecule is Cc1c(C(=O)Nc2ccc(N3CCCCCC3)cc2)cnn1C. The van der Waals surface area contributed by atoms with Crippen LogP contribution in [0.2, 0.25) is 0 Å². The molecule has 5 heteroatoms. The zero-order chi connectivity index (χ0) is 16.2. The van der Waals surface area contributed by atoms with Crippen LogP contribution in [0.1, 0.15) is 41.7 Å². The van der Waals surface area contributed by atoms with Crippen molar-refractivity contribution < 1.29 is 4.79 Å². The van der Waals surface area contributed by atoms with Crippen LogP contribution in [0.15, 0.2) is 30.5 Å². The molecule has 0 spiro atoms. The average molecular weight is 312 g/mol. The second-order valence-electron chi connectivity index (χ2n) is 6.17. The number of benzene rings is 1. The number of hydrogen-bond acceptors (Lipinski definition) is 3. The Labute approximate surface area is 137 Å². The van der Waals surface area contributed by atoms with Gasteiger partial charge < -0.3 is 10.2 Å². The van der Waals surface area contributed by atoms with Gasteiger partial charge in [-0.05, 0) is 44.0 Å². The summed E-state index contributed by atoms with van der Waals surface area (Å²) in [6, 6.07) is 8.14. The molecular formula is C18H24N4O. The van der Waals surface area contributed by atoms with Gasteiger partial charge in [-0.25, -0.2) is 0 Å². The van der Waals surface area contributed by atoms with E-state index in [9.17, 15) is 4.79 Å². The maximum Gasteiger partial charge on any atom is 0.259 e. The summed E-state index contributed by atoms with van der Waals surface area (Å²) in [6.07, 6.45) is 6.79. The third kappa shape index (κ3) is 3.55. The number of nitrogens with one attached hydrogen (secondary N) is 1. The summed E-state index contributed by atoms with van der Waals surface area (Å²) < 4.78 is 1.71. The number of carbonyl (C=O) groups is 1. The van der Waals surface area contributed by atoms with Crippen molar-refractivity contribution in [1.82, 2.24) is 9.78 Å². The lowest BCUT2D eigenvalue weighted by atomic mass is 10.2. The number of carbonyl (C=O) groups excluding carboxylic acids is 1. The fourth-order valence-corrected chi connectivity index (χ4v) is 3.00. The Kier molecular flexibility index (Phi) is 4.65. The average Bonchev–Trinajstić information content (AvgIpc) is 2.77. The summed E-state index contributed by atoms with van der Waals surface area (Å²) in [5.41, 5.74) is 3.53. The second kappa shape index (κ2) is 6.86. The van der Waals surface area contributed by atoms with E-state index in [0.717, 1.165) is 24.5 Å². The summed E-state index contributed by atoms with van der Waals surface area (Å²) in [6.45, 7) is 4.14. The Hall–Kier alpha value is -2.30. The summed E-state index contributed by atoms with van der Waals surface area (Å²) in [4.78, 5) is 14.7. The van der Waals surface area contributed by atoms with Crippen LogP contribution < -0.4 is 10.2 Å². The molecule has 23 heavy (non-hydrogen) atoms. The molecule has 1 aliphatic heterocycles. The number of nitrogens with zero attached hydrogens (tertiary/aromatic N) is 3. The van der Waals surface area contributed by atoms with Gasteiger partial charge in [0.25, 0.3) is 5.91 Å². The third-order valence-corrected chi connectivity index (χ3v) is 4.58. The molecular weight excluding hydrogens is 288 g/mol. The standard InChI is InChI=1S/C18H24N4O/c1-14-17(13-19-21(14)2)18(23)20-15-7-9-16(10-8-15)22-11-5-3-4-6-12-22/h7-10,13H,3-6,11-12H2,1-2H3,(H,20,23). The van der Waals surface area contributed by atoms with E-state index >= 15 is 0 Å². The van der Waals surface area contributed by atoms with Crippen molar-refractivity contribution >= 4 is 17.3 Å². The number of anilines is 2. The van der Waals surface area contributed by atoms with Crippen molar-refractivity contribution in [3.63, 3.8) is 0 Å². The number of aryl methyl sites for hydroxylation is 1. The van der Waals surface area contributed by atoms with Crippen molar-refractivity contribution in [2.45, 2.75) is 32.6 Å². The first-order chi connectivity index (χ1) is 11.1. The third-order valence-electron chi connectivity index (χ3n) is 4.58. The smallest absolute Gasteiger partial charge is 0.259 e. The maximum absolute atomic E-state index is 12.3. The minimum absolute atomic E-state index is 0.113. The molecule has 0 atom stereocenters. The van der Waals surface area contributed by atoms with Gasteiger partial charge in [0.2, 0.25) is 0 Å². The zero-order valence-corrected chi connectivity index (χ0v) is 13.9. The molecule has 2 heterocycles. The Balaban J connectivity index is 1.67. The summed E-state index contributed by atoms with van der Waals surface area (Å²) in [5, 5.41) is 7.06. The van der Waals surface area contributed by atoms with Crippen LogP contribution in [0.25, 0.3) is 0 Å². The maximum atomic E-state index is 12.3. The summed E-state index contributed by atoms with van der Waals surface area (Å²) >= 11 is 0. The van der Waals surface area contributed by atoms with Gasteiger partial charge in [0.05, 0.1) is 11.8 Å². The molecule has 122 valence electrons. The summed E-state index contributed by atoms with van der Waals surface area (Å²) in [5.74, 6) is -0.113. The van der Waals surface area contributed by atoms with Crippen LogP contribution in [0.3, 0.4) is 0 Å². The quantitative estimate of drug-likeness (QED) is 0.945. The molecule has 0 aliphatic carbocycles. The molecule has 1 N–H and O–H groups in total. The van der Waals surface area contributed by atoms with E-state index in [0.29, 0.717) is 5.56 Å². The number of amides is 1. The first-order valence-corrected chi connectivity index (χ1v) is 8.30. The fraction of sp³-hybridized carbons (Fsp3) is 0.444. The van der Waals surface area contributed by atoms with Crippen molar-refractivity contribution in [3.8, 4) is 0 Å². The summed E-state index contributed by atoms with van der Waals surface area (Å²) in [7, 11) is 1.84. The molecule has 5 nitrogen and oxygen atoms in total. The fourth-order valence-electron chi connectivity index (χ4n) is 3.00. The predicted octanol–water partition coefficient (Wildman–Crippen LogP) is 3.36. The lowest BCUT2D eigenvalue weighted by molar-refractivity contribution is 0.102. The van der Waals surface area contributed by atoms with Crippen LogP contribution >= 0.6 is 0 Å². The topological polar surface area (TPSA) is 50.2 Å². The van der Waals surface area contributed by atoms with Gasteiger partial charge in [0, 0.05) is 37.2 Å². The molecule has 1 aromatic carbocycles. The van der Waals surface area contributed by atoms with Crippen LogP contribution in [0, 0.1) is 6.92 Å². The van der Waals surface area contributed by atoms with Gasteiger partial charge in [0.1, 0.15) is 0 Å². The van der Waals surface area contributed by atoms with Gasteiger partial charge in [0.15, 0.2) is 0 Å². The minimum Gasteiger partial charge on any atom is -0.372 e. The van der Waals surface area contributed by atoms with Gasteiger partial charge >= 0.3 is 0 Å². The predicted molar refractivity (Wildman–Crippen MR) is 93.0 cm³/mol. The molecule has 0 saturated carbocycles. The molecule has 0 unspecified atom stereocenters. The van der Waals surface area contributed by atoms with E-state index in [-0.39, 0.29) is 5.91 Å². The first-order valence-electron chi connectivity index (χ1n) is 8.30. The highest BCUT2D eigenvalue weighted by atomic mass is 16.1. The van der Waals surface area contributed by atoms with Crippen molar-refractivity contribution in [2.75, 3.05) is 23.3 Å². The van der Waals surface area contributed by atoms with E-state index in [1.807, 2.05) is 26.1 Å². The molecule has 0 bridgehead atoms. The lowest BCUT2D eigenvalue weighted by Gasteiger charge is -2.22. The molecule has 3 rings (SSSR count). The van der Waals surface area contributed by atoms with Crippen molar-refractivity contribution in [3.05, 3.63) is 41.7 Å². The normalized spacial score (nSPS) is 15.3. The molecule has 0 radical (unpaired) electrons. The molecule has 1 aromatic heterocycles. The van der Waals surface area contributed by atoms with E-state index in [4.69, 9.17) is 0 Å². The van der Waals surface area contributed by atoms with Crippen LogP contribution in [0.4, 0.5) is 11.4 Å². The highest BCUT2D eigenvalue weighted by molar-refractivity contribution is 6.04. The minimum atomic E-state index is -0.113. The van der Waals surface area contributed by atoms with E-state index in [2.05, 4.69) is 27.4 Å². The van der Waals surface area contributed by atoms with Crippen LogP contribution in [-0.4, -0.2) is 28.8 Å². The van der Waals surface area contributed by atoms with E-state index in [1.165, 1.54) is 31.4 Å². The molecule has 1 saturated heterocycles. The van der Waals surface area contributed by atoms with Crippen molar-refractivity contribution in [2.24, 2.45) is 7.05 Å². The zero-order valence-electron chi connectivity index (χ0n) is 13.9. The molecule has 1 amide bonds. The number of hydrogen-bond donors (Lipinski definition) is 1. The Morgan fingerprint density at radius 2 is 1.74 bits per heavy atom. The Morgan fingerprint density at radius 3 is 2.30 bits per heavy atom. The number of rotatable bonds is 3. The lowest BCUT2D eigenvalue weighted by Crippen LogP contribution is -2.23. The van der Waals surface area contributed by atoms with E-state index in [1.54, 1.807) is 10.9 Å². The number of aromatic nitrogens is 2. The van der Waals surface area contributed by atoms with Crippen molar-refractivity contribution in [1.29, 1.82) is 0 Å². The van der Waals surface area contributed by atoms with Gasteiger partial charge in [-0.15, -0.1) is 0 Å². The largest absolute Gasteiger partial charge is 0.372 e. The van der Waals surface area contributed by atoms with Crippen LogP contribution in [0.5, 0.6) is 0 Å². The van der Waals surface area contributed by atoms with Gasteiger partial charge in [-0.2, -0.15) is 5.10 Å². The highest BCUT2D eigenvalue weighted by Crippen LogP contribution is 2.22. The molecule has 1 fully saturated rings. The molecule has 1 aliphatic rings. The highest BCUT2D eigenvalue weighted by Gasteiger charge is 2.13.